The van der Waals surface area contributed by atoms with E-state index in [4.69, 9.17) is 9.47 Å². The summed E-state index contributed by atoms with van der Waals surface area (Å²) in [6, 6.07) is 8.55. The Kier molecular flexibility index (Phi) is 3.49. The zero-order valence-corrected chi connectivity index (χ0v) is 13.1. The monoisotopic (exact) mass is 327 g/mol. The molecule has 2 fully saturated rings. The number of amides is 2. The number of hydrogen-bond donors (Lipinski definition) is 0. The lowest BCUT2D eigenvalue weighted by molar-refractivity contribution is -0.152. The van der Waals surface area contributed by atoms with E-state index in [9.17, 15) is 14.4 Å². The summed E-state index contributed by atoms with van der Waals surface area (Å²) < 4.78 is 10.8. The van der Waals surface area contributed by atoms with E-state index in [1.54, 1.807) is 0 Å². The van der Waals surface area contributed by atoms with Crippen LogP contribution in [0.15, 0.2) is 42.5 Å². The van der Waals surface area contributed by atoms with Gasteiger partial charge in [-0.3, -0.25) is 19.3 Å². The number of carbonyl (C=O) groups excluding carboxylic acids is 3. The molecule has 0 saturated carbocycles. The normalized spacial score (nSPS) is 31.5. The highest BCUT2D eigenvalue weighted by Crippen LogP contribution is 2.47. The zero-order valence-electron chi connectivity index (χ0n) is 13.1. The zero-order chi connectivity index (χ0) is 16.8. The quantitative estimate of drug-likeness (QED) is 0.472. The SMILES string of the molecule is CC(=O)OC[C@H](c1ccccc1)N1C(=O)C2C3C=CC(O3)[C@H]2C1=O. The van der Waals surface area contributed by atoms with Gasteiger partial charge in [-0.25, -0.2) is 0 Å². The molecule has 2 bridgehead atoms. The second-order valence-corrected chi connectivity index (χ2v) is 6.28. The average Bonchev–Trinajstić information content (AvgIpc) is 3.25. The van der Waals surface area contributed by atoms with E-state index in [1.165, 1.54) is 11.8 Å². The van der Waals surface area contributed by atoms with E-state index in [1.807, 2.05) is 42.5 Å². The molecule has 3 aliphatic heterocycles. The average molecular weight is 327 g/mol. The fourth-order valence-electron chi connectivity index (χ4n) is 3.83. The molecule has 3 unspecified atom stereocenters. The molecule has 0 N–H and O–H groups in total. The number of carbonyl (C=O) groups is 3. The third kappa shape index (κ3) is 2.17. The van der Waals surface area contributed by atoms with Crippen molar-refractivity contribution >= 4 is 17.8 Å². The first-order chi connectivity index (χ1) is 11.6. The van der Waals surface area contributed by atoms with Crippen molar-refractivity contribution in [2.75, 3.05) is 6.61 Å². The van der Waals surface area contributed by atoms with Gasteiger partial charge in [-0.05, 0) is 5.56 Å². The van der Waals surface area contributed by atoms with Gasteiger partial charge in [0.2, 0.25) is 11.8 Å². The molecular weight excluding hydrogens is 310 g/mol. The molecule has 0 aliphatic carbocycles. The highest BCUT2D eigenvalue weighted by atomic mass is 16.5. The van der Waals surface area contributed by atoms with Gasteiger partial charge in [-0.2, -0.15) is 0 Å². The van der Waals surface area contributed by atoms with E-state index in [2.05, 4.69) is 0 Å². The third-order valence-corrected chi connectivity index (χ3v) is 4.89. The van der Waals surface area contributed by atoms with E-state index >= 15 is 0 Å². The number of hydrogen-bond acceptors (Lipinski definition) is 5. The molecule has 1 aromatic carbocycles. The van der Waals surface area contributed by atoms with Crippen LogP contribution in [-0.2, 0) is 23.9 Å². The Balaban J connectivity index is 1.67. The summed E-state index contributed by atoms with van der Waals surface area (Å²) in [6.07, 6.45) is 3.05. The molecule has 0 radical (unpaired) electrons. The molecule has 0 spiro atoms. The summed E-state index contributed by atoms with van der Waals surface area (Å²) in [5.41, 5.74) is 0.765. The number of esters is 1. The van der Waals surface area contributed by atoms with Crippen molar-refractivity contribution in [1.29, 1.82) is 0 Å². The Hall–Kier alpha value is -2.47. The maximum atomic E-state index is 12.9. The molecule has 2 amide bonds. The van der Waals surface area contributed by atoms with Gasteiger partial charge in [0.1, 0.15) is 6.61 Å². The topological polar surface area (TPSA) is 72.9 Å². The van der Waals surface area contributed by atoms with Crippen LogP contribution in [0.25, 0.3) is 0 Å². The number of nitrogens with zero attached hydrogens (tertiary/aromatic N) is 1. The Morgan fingerprint density at radius 3 is 2.25 bits per heavy atom. The van der Waals surface area contributed by atoms with E-state index in [-0.39, 0.29) is 30.6 Å². The minimum Gasteiger partial charge on any atom is -0.463 e. The van der Waals surface area contributed by atoms with Gasteiger partial charge in [-0.15, -0.1) is 0 Å². The lowest BCUT2D eigenvalue weighted by Gasteiger charge is -2.27. The summed E-state index contributed by atoms with van der Waals surface area (Å²) in [7, 11) is 0. The molecule has 2 saturated heterocycles. The number of ether oxygens (including phenoxy) is 2. The lowest BCUT2D eigenvalue weighted by atomic mass is 9.85. The Morgan fingerprint density at radius 1 is 1.12 bits per heavy atom. The predicted molar refractivity (Wildman–Crippen MR) is 82.5 cm³/mol. The fraction of sp³-hybridized carbons (Fsp3) is 0.389. The minimum atomic E-state index is -0.611. The largest absolute Gasteiger partial charge is 0.463 e. The number of likely N-dealkylation sites (tertiary alicyclic amines) is 1. The maximum absolute atomic E-state index is 12.9. The number of benzene rings is 1. The van der Waals surface area contributed by atoms with E-state index < -0.39 is 23.8 Å². The van der Waals surface area contributed by atoms with Crippen molar-refractivity contribution in [3.8, 4) is 0 Å². The highest BCUT2D eigenvalue weighted by molar-refractivity contribution is 6.07. The van der Waals surface area contributed by atoms with E-state index in [0.29, 0.717) is 0 Å². The smallest absolute Gasteiger partial charge is 0.302 e. The van der Waals surface area contributed by atoms with Gasteiger partial charge in [0, 0.05) is 6.92 Å². The Labute approximate surface area is 139 Å². The third-order valence-electron chi connectivity index (χ3n) is 4.89. The first kappa shape index (κ1) is 15.1. The molecule has 6 heteroatoms. The fourth-order valence-corrected chi connectivity index (χ4v) is 3.83. The number of fused-ring (bicyclic) bond motifs is 5. The Bertz CT molecular complexity index is 698. The van der Waals surface area contributed by atoms with Gasteiger partial charge in [0.25, 0.3) is 0 Å². The van der Waals surface area contributed by atoms with Gasteiger partial charge in [0.05, 0.1) is 30.1 Å². The summed E-state index contributed by atoms with van der Waals surface area (Å²) in [5, 5.41) is 0. The molecule has 24 heavy (non-hydrogen) atoms. The molecule has 3 heterocycles. The van der Waals surface area contributed by atoms with Gasteiger partial charge in [0.15, 0.2) is 0 Å². The van der Waals surface area contributed by atoms with Crippen molar-refractivity contribution in [3.05, 3.63) is 48.0 Å². The maximum Gasteiger partial charge on any atom is 0.302 e. The van der Waals surface area contributed by atoms with Crippen molar-refractivity contribution in [3.63, 3.8) is 0 Å². The summed E-state index contributed by atoms with van der Waals surface area (Å²) in [5.74, 6) is -1.86. The van der Waals surface area contributed by atoms with Crippen LogP contribution in [-0.4, -0.2) is 41.5 Å². The van der Waals surface area contributed by atoms with Crippen molar-refractivity contribution in [2.24, 2.45) is 11.8 Å². The van der Waals surface area contributed by atoms with Crippen molar-refractivity contribution in [2.45, 2.75) is 25.2 Å². The minimum absolute atomic E-state index is 0.0418. The number of rotatable bonds is 4. The van der Waals surface area contributed by atoms with Crippen LogP contribution in [0.1, 0.15) is 18.5 Å². The van der Waals surface area contributed by atoms with Gasteiger partial charge in [-0.1, -0.05) is 42.5 Å². The molecule has 124 valence electrons. The first-order valence-electron chi connectivity index (χ1n) is 7.97. The summed E-state index contributed by atoms with van der Waals surface area (Å²) in [4.78, 5) is 38.3. The van der Waals surface area contributed by atoms with Crippen molar-refractivity contribution in [1.82, 2.24) is 4.90 Å². The number of imide groups is 1. The second kappa shape index (κ2) is 5.56. The van der Waals surface area contributed by atoms with Crippen molar-refractivity contribution < 1.29 is 23.9 Å². The van der Waals surface area contributed by atoms with Crippen LogP contribution >= 0.6 is 0 Å². The van der Waals surface area contributed by atoms with Crippen LogP contribution < -0.4 is 0 Å². The van der Waals surface area contributed by atoms with Crippen LogP contribution in [0.5, 0.6) is 0 Å². The van der Waals surface area contributed by atoms with Gasteiger partial charge >= 0.3 is 5.97 Å². The van der Waals surface area contributed by atoms with Crippen LogP contribution in [0, 0.1) is 11.8 Å². The molecule has 1 aromatic rings. The molecular formula is C18H17NO5. The highest BCUT2D eigenvalue weighted by Gasteiger charge is 2.61. The Morgan fingerprint density at radius 2 is 1.71 bits per heavy atom. The molecule has 0 aromatic heterocycles. The molecule has 4 rings (SSSR count). The van der Waals surface area contributed by atoms with E-state index in [0.717, 1.165) is 5.56 Å². The molecule has 5 atom stereocenters. The van der Waals surface area contributed by atoms with Crippen LogP contribution in [0.4, 0.5) is 0 Å². The summed E-state index contributed by atoms with van der Waals surface area (Å²) in [6.45, 7) is 1.27. The van der Waals surface area contributed by atoms with Crippen LogP contribution in [0.2, 0.25) is 0 Å². The molecule has 6 nitrogen and oxygen atoms in total. The second-order valence-electron chi connectivity index (χ2n) is 6.28. The predicted octanol–water partition coefficient (Wildman–Crippen LogP) is 1.23. The molecule has 3 aliphatic rings. The first-order valence-corrected chi connectivity index (χ1v) is 7.97. The standard InChI is InChI=1S/C18H17NO5/c1-10(20)23-9-12(11-5-3-2-4-6-11)19-17(21)15-13-7-8-14(24-13)16(15)18(19)22/h2-8,12-16H,9H2,1H3/t12-,13?,14?,15-,16?/m1/s1. The summed E-state index contributed by atoms with van der Waals surface area (Å²) >= 11 is 0. The van der Waals surface area contributed by atoms with Crippen LogP contribution in [0.3, 0.4) is 0 Å². The lowest BCUT2D eigenvalue weighted by Crippen LogP contribution is -2.40. The van der Waals surface area contributed by atoms with Gasteiger partial charge < -0.3 is 9.47 Å².